The Labute approximate surface area is 178 Å². The highest BCUT2D eigenvalue weighted by Gasteiger charge is 2.50. The fraction of sp³-hybridized carbons (Fsp3) is 0.920. The highest BCUT2D eigenvalue weighted by molar-refractivity contribution is 6.07. The minimum absolute atomic E-state index is 0.267. The molecule has 0 spiro atoms. The molecule has 0 radical (unpaired) electrons. The maximum atomic E-state index is 13.9. The molecule has 1 unspecified atom stereocenters. The van der Waals surface area contributed by atoms with Gasteiger partial charge in [-0.1, -0.05) is 89.9 Å². The molecule has 0 aromatic carbocycles. The van der Waals surface area contributed by atoms with Crippen LogP contribution in [0.3, 0.4) is 0 Å². The first kappa shape index (κ1) is 21.2. The zero-order chi connectivity index (χ0) is 20.1. The van der Waals surface area contributed by atoms with Gasteiger partial charge in [-0.2, -0.15) is 0 Å². The number of nitrogens with zero attached hydrogens (tertiary/aromatic N) is 2. The van der Waals surface area contributed by atoms with Crippen LogP contribution in [0.4, 0.5) is 0 Å². The Kier molecular flexibility index (Phi) is 7.18. The molecule has 29 heavy (non-hydrogen) atoms. The van der Waals surface area contributed by atoms with Crippen molar-refractivity contribution in [2.45, 2.75) is 134 Å². The average molecular weight is 402 g/mol. The Morgan fingerprint density at radius 2 is 1.31 bits per heavy atom. The molecular formula is C25H43N3O. The fourth-order valence-corrected chi connectivity index (χ4v) is 6.70. The molecule has 4 heteroatoms. The minimum Gasteiger partial charge on any atom is -0.369 e. The molecule has 4 rings (SSSR count). The molecule has 2 N–H and O–H groups in total. The van der Waals surface area contributed by atoms with Crippen molar-refractivity contribution in [1.82, 2.24) is 4.90 Å². The number of nitrogens with two attached hydrogens (primary N) is 1. The molecule has 1 aliphatic heterocycles. The Morgan fingerprint density at radius 3 is 1.93 bits per heavy atom. The van der Waals surface area contributed by atoms with Crippen LogP contribution in [0.2, 0.25) is 0 Å². The number of guanidine groups is 1. The maximum absolute atomic E-state index is 13.9. The molecule has 164 valence electrons. The van der Waals surface area contributed by atoms with Crippen molar-refractivity contribution in [3.05, 3.63) is 0 Å². The van der Waals surface area contributed by atoms with Crippen molar-refractivity contribution in [3.63, 3.8) is 0 Å². The van der Waals surface area contributed by atoms with Gasteiger partial charge >= 0.3 is 0 Å². The number of amides is 1. The Bertz CT molecular complexity index is 569. The summed E-state index contributed by atoms with van der Waals surface area (Å²) in [7, 11) is 0. The third kappa shape index (κ3) is 4.99. The summed E-state index contributed by atoms with van der Waals surface area (Å²) in [5, 5.41) is 0. The Hall–Kier alpha value is -1.06. The first-order valence-electron chi connectivity index (χ1n) is 12.9. The van der Waals surface area contributed by atoms with Crippen LogP contribution < -0.4 is 5.73 Å². The summed E-state index contributed by atoms with van der Waals surface area (Å²) < 4.78 is 0. The molecule has 1 atom stereocenters. The Balaban J connectivity index is 1.51. The fourth-order valence-electron chi connectivity index (χ4n) is 6.70. The van der Waals surface area contributed by atoms with Crippen LogP contribution in [0.1, 0.15) is 122 Å². The van der Waals surface area contributed by atoms with E-state index >= 15 is 0 Å². The van der Waals surface area contributed by atoms with E-state index < -0.39 is 5.54 Å². The summed E-state index contributed by atoms with van der Waals surface area (Å²) in [6.45, 7) is 0. The third-order valence-corrected chi connectivity index (χ3v) is 8.42. The van der Waals surface area contributed by atoms with Crippen LogP contribution in [-0.4, -0.2) is 28.3 Å². The summed E-state index contributed by atoms with van der Waals surface area (Å²) in [4.78, 5) is 20.9. The van der Waals surface area contributed by atoms with Gasteiger partial charge in [-0.05, 0) is 43.9 Å². The molecule has 4 aliphatic rings. The lowest BCUT2D eigenvalue weighted by Crippen LogP contribution is -2.50. The van der Waals surface area contributed by atoms with E-state index in [1.165, 1.54) is 89.9 Å². The quantitative estimate of drug-likeness (QED) is 0.560. The number of aliphatic imine (C=N–C) groups is 1. The second-order valence-corrected chi connectivity index (χ2v) is 10.6. The van der Waals surface area contributed by atoms with Gasteiger partial charge < -0.3 is 5.73 Å². The van der Waals surface area contributed by atoms with Gasteiger partial charge in [0.25, 0.3) is 5.91 Å². The first-order valence-corrected chi connectivity index (χ1v) is 12.9. The largest absolute Gasteiger partial charge is 0.369 e. The summed E-state index contributed by atoms with van der Waals surface area (Å²) in [6.07, 6.45) is 23.7. The van der Waals surface area contributed by atoms with Gasteiger partial charge in [0.05, 0.1) is 0 Å². The normalized spacial score (nSPS) is 31.1. The van der Waals surface area contributed by atoms with Crippen molar-refractivity contribution >= 4 is 11.9 Å². The van der Waals surface area contributed by atoms with Crippen LogP contribution in [0, 0.1) is 11.8 Å². The summed E-state index contributed by atoms with van der Waals surface area (Å²) >= 11 is 0. The van der Waals surface area contributed by atoms with Gasteiger partial charge in [0.1, 0.15) is 5.54 Å². The topological polar surface area (TPSA) is 58.7 Å². The van der Waals surface area contributed by atoms with E-state index in [1.54, 1.807) is 0 Å². The van der Waals surface area contributed by atoms with Gasteiger partial charge in [-0.15, -0.1) is 0 Å². The van der Waals surface area contributed by atoms with E-state index in [-0.39, 0.29) is 11.9 Å². The molecule has 1 amide bonds. The van der Waals surface area contributed by atoms with E-state index in [0.717, 1.165) is 38.0 Å². The molecule has 0 bridgehead atoms. The van der Waals surface area contributed by atoms with Crippen LogP contribution in [0.5, 0.6) is 0 Å². The zero-order valence-electron chi connectivity index (χ0n) is 18.5. The van der Waals surface area contributed by atoms with E-state index in [2.05, 4.69) is 0 Å². The van der Waals surface area contributed by atoms with E-state index in [1.807, 2.05) is 4.90 Å². The van der Waals surface area contributed by atoms with Crippen molar-refractivity contribution < 1.29 is 4.79 Å². The number of hydrogen-bond donors (Lipinski definition) is 1. The standard InChI is InChI=1S/C25H43N3O/c26-24-27-25(19-21-13-7-4-8-14-21,18-17-20-11-5-3-6-12-20)23(29)28(24)22-15-9-1-2-10-16-22/h20-22H,1-19H2,(H2,26,27). The highest BCUT2D eigenvalue weighted by Crippen LogP contribution is 2.42. The zero-order valence-corrected chi connectivity index (χ0v) is 18.5. The van der Waals surface area contributed by atoms with E-state index in [0.29, 0.717) is 11.9 Å². The second-order valence-electron chi connectivity index (χ2n) is 10.6. The van der Waals surface area contributed by atoms with Gasteiger partial charge in [-0.25, -0.2) is 4.99 Å². The van der Waals surface area contributed by atoms with Crippen molar-refractivity contribution in [2.75, 3.05) is 0 Å². The van der Waals surface area contributed by atoms with Crippen molar-refractivity contribution in [2.24, 2.45) is 22.6 Å². The molecule has 0 aromatic heterocycles. The molecule has 4 nitrogen and oxygen atoms in total. The molecule has 1 heterocycles. The molecular weight excluding hydrogens is 358 g/mol. The van der Waals surface area contributed by atoms with Gasteiger partial charge in [0.15, 0.2) is 5.96 Å². The minimum atomic E-state index is -0.546. The van der Waals surface area contributed by atoms with Gasteiger partial charge in [-0.3, -0.25) is 9.69 Å². The molecule has 0 aromatic rings. The lowest BCUT2D eigenvalue weighted by atomic mass is 9.75. The van der Waals surface area contributed by atoms with E-state index in [4.69, 9.17) is 10.7 Å². The predicted octanol–water partition coefficient (Wildman–Crippen LogP) is 5.94. The summed E-state index contributed by atoms with van der Waals surface area (Å²) in [5.41, 5.74) is 5.95. The van der Waals surface area contributed by atoms with Crippen molar-refractivity contribution in [1.29, 1.82) is 0 Å². The Morgan fingerprint density at radius 1 is 0.793 bits per heavy atom. The SMILES string of the molecule is NC1=NC(CCC2CCCCC2)(CC2CCCCC2)C(=O)N1C1CCCCCC1. The summed E-state index contributed by atoms with van der Waals surface area (Å²) in [6, 6.07) is 0.289. The van der Waals surface area contributed by atoms with Gasteiger partial charge in [0, 0.05) is 6.04 Å². The van der Waals surface area contributed by atoms with Crippen LogP contribution in [0.25, 0.3) is 0 Å². The number of hydrogen-bond acceptors (Lipinski definition) is 3. The van der Waals surface area contributed by atoms with Crippen LogP contribution >= 0.6 is 0 Å². The molecule has 3 aliphatic carbocycles. The molecule has 0 saturated heterocycles. The number of rotatable bonds is 6. The lowest BCUT2D eigenvalue weighted by Gasteiger charge is -2.35. The van der Waals surface area contributed by atoms with Gasteiger partial charge in [0.2, 0.25) is 0 Å². The predicted molar refractivity (Wildman–Crippen MR) is 120 cm³/mol. The molecule has 3 fully saturated rings. The number of carbonyl (C=O) groups is 1. The third-order valence-electron chi connectivity index (χ3n) is 8.42. The van der Waals surface area contributed by atoms with Crippen molar-refractivity contribution in [3.8, 4) is 0 Å². The van der Waals surface area contributed by atoms with E-state index in [9.17, 15) is 4.79 Å². The molecule has 3 saturated carbocycles. The average Bonchev–Trinajstić information content (AvgIpc) is 2.91. The number of carbonyl (C=O) groups excluding carboxylic acids is 1. The monoisotopic (exact) mass is 401 g/mol. The lowest BCUT2D eigenvalue weighted by molar-refractivity contribution is -0.134. The smallest absolute Gasteiger partial charge is 0.257 e. The first-order chi connectivity index (χ1) is 14.2. The van der Waals surface area contributed by atoms with Crippen LogP contribution in [0.15, 0.2) is 4.99 Å². The van der Waals surface area contributed by atoms with Crippen LogP contribution in [-0.2, 0) is 4.79 Å². The second kappa shape index (κ2) is 9.83. The highest BCUT2D eigenvalue weighted by atomic mass is 16.2. The summed E-state index contributed by atoms with van der Waals surface area (Å²) in [5.74, 6) is 2.26. The maximum Gasteiger partial charge on any atom is 0.257 e.